The van der Waals surface area contributed by atoms with Gasteiger partial charge in [-0.1, -0.05) is 0 Å². The Kier molecular flexibility index (Phi) is 4.41. The molecule has 0 unspecified atom stereocenters. The Morgan fingerprint density at radius 2 is 2.05 bits per heavy atom. The molecule has 1 aromatic carbocycles. The molecule has 4 N–H and O–H groups in total. The Hall–Kier alpha value is -1.86. The number of pyridine rings is 1. The van der Waals surface area contributed by atoms with Gasteiger partial charge in [-0.15, -0.1) is 0 Å². The molecule has 0 aliphatic heterocycles. The van der Waals surface area contributed by atoms with Gasteiger partial charge >= 0.3 is 0 Å². The topological polar surface area (TPSA) is 97.1 Å². The van der Waals surface area contributed by atoms with Crippen LogP contribution >= 0.6 is 0 Å². The second kappa shape index (κ2) is 6.06. The Labute approximate surface area is 118 Å². The van der Waals surface area contributed by atoms with Crippen molar-refractivity contribution in [3.8, 4) is 0 Å². The summed E-state index contributed by atoms with van der Waals surface area (Å²) >= 11 is 0. The van der Waals surface area contributed by atoms with Crippen LogP contribution in [0.3, 0.4) is 0 Å². The molecule has 0 bridgehead atoms. The van der Waals surface area contributed by atoms with Crippen molar-refractivity contribution in [1.29, 1.82) is 0 Å². The van der Waals surface area contributed by atoms with Gasteiger partial charge in [-0.05, 0) is 30.7 Å². The first-order valence-corrected chi connectivity index (χ1v) is 8.18. The predicted molar refractivity (Wildman–Crippen MR) is 82.1 cm³/mol. The zero-order valence-corrected chi connectivity index (χ0v) is 12.1. The lowest BCUT2D eigenvalue weighted by molar-refractivity contribution is 0.586. The second-order valence-electron chi connectivity index (χ2n) is 4.55. The molecule has 0 aliphatic rings. The summed E-state index contributed by atoms with van der Waals surface area (Å²) in [6.07, 6.45) is 3.56. The minimum atomic E-state index is -3.12. The van der Waals surface area contributed by atoms with E-state index in [4.69, 9.17) is 5.73 Å². The van der Waals surface area contributed by atoms with Gasteiger partial charge in [0.2, 0.25) is 10.0 Å². The summed E-state index contributed by atoms with van der Waals surface area (Å²) in [6, 6.07) is 7.49. The van der Waals surface area contributed by atoms with Crippen molar-refractivity contribution in [2.75, 3.05) is 30.4 Å². The number of hydrogen-bond donors (Lipinski definition) is 3. The van der Waals surface area contributed by atoms with E-state index in [1.807, 2.05) is 24.3 Å². The number of fused-ring (bicyclic) bond motifs is 1. The lowest BCUT2D eigenvalue weighted by atomic mass is 10.1. The van der Waals surface area contributed by atoms with Crippen molar-refractivity contribution >= 4 is 32.3 Å². The summed E-state index contributed by atoms with van der Waals surface area (Å²) < 4.78 is 24.3. The van der Waals surface area contributed by atoms with E-state index in [0.29, 0.717) is 25.2 Å². The van der Waals surface area contributed by atoms with Crippen LogP contribution in [-0.4, -0.2) is 32.7 Å². The standard InChI is InChI=1S/C13H18N4O2S/c1-20(18,19)17-9-3-8-15-12-6-5-11(14)10-4-2-7-16-13(10)12/h2,4-7,15,17H,3,8-9,14H2,1H3. The third kappa shape index (κ3) is 3.82. The molecule has 0 fully saturated rings. The van der Waals surface area contributed by atoms with Crippen molar-refractivity contribution in [1.82, 2.24) is 9.71 Å². The lowest BCUT2D eigenvalue weighted by Gasteiger charge is -2.10. The molecule has 0 saturated heterocycles. The molecule has 0 amide bonds. The Morgan fingerprint density at radius 3 is 2.80 bits per heavy atom. The number of aromatic nitrogens is 1. The monoisotopic (exact) mass is 294 g/mol. The maximum Gasteiger partial charge on any atom is 0.208 e. The predicted octanol–water partition coefficient (Wildman–Crippen LogP) is 1.17. The number of benzene rings is 1. The molecule has 6 nitrogen and oxygen atoms in total. The van der Waals surface area contributed by atoms with E-state index in [1.54, 1.807) is 6.20 Å². The third-order valence-corrected chi connectivity index (χ3v) is 3.57. The number of hydrogen-bond acceptors (Lipinski definition) is 5. The number of rotatable bonds is 6. The fraction of sp³-hybridized carbons (Fsp3) is 0.308. The van der Waals surface area contributed by atoms with E-state index < -0.39 is 10.0 Å². The summed E-state index contributed by atoms with van der Waals surface area (Å²) in [6.45, 7) is 1.06. The van der Waals surface area contributed by atoms with Crippen LogP contribution < -0.4 is 15.8 Å². The summed E-state index contributed by atoms with van der Waals surface area (Å²) in [4.78, 5) is 4.33. The van der Waals surface area contributed by atoms with Gasteiger partial charge in [0.15, 0.2) is 0 Å². The van der Waals surface area contributed by atoms with Crippen LogP contribution in [0, 0.1) is 0 Å². The van der Waals surface area contributed by atoms with Crippen molar-refractivity contribution in [3.05, 3.63) is 30.5 Å². The van der Waals surface area contributed by atoms with E-state index in [0.717, 1.165) is 22.8 Å². The van der Waals surface area contributed by atoms with Gasteiger partial charge < -0.3 is 11.1 Å². The van der Waals surface area contributed by atoms with Crippen LogP contribution in [-0.2, 0) is 10.0 Å². The van der Waals surface area contributed by atoms with Crippen LogP contribution in [0.15, 0.2) is 30.5 Å². The molecule has 20 heavy (non-hydrogen) atoms. The Balaban J connectivity index is 1.99. The second-order valence-corrected chi connectivity index (χ2v) is 6.38. The average molecular weight is 294 g/mol. The highest BCUT2D eigenvalue weighted by Crippen LogP contribution is 2.25. The molecule has 0 spiro atoms. The summed E-state index contributed by atoms with van der Waals surface area (Å²) in [7, 11) is -3.12. The van der Waals surface area contributed by atoms with E-state index >= 15 is 0 Å². The lowest BCUT2D eigenvalue weighted by Crippen LogP contribution is -2.24. The molecule has 7 heteroatoms. The molecule has 0 saturated carbocycles. The van der Waals surface area contributed by atoms with Crippen LogP contribution in [0.2, 0.25) is 0 Å². The normalized spacial score (nSPS) is 11.7. The highest BCUT2D eigenvalue weighted by molar-refractivity contribution is 7.88. The number of nitrogens with two attached hydrogens (primary N) is 1. The van der Waals surface area contributed by atoms with Gasteiger partial charge in [0, 0.05) is 30.4 Å². The zero-order chi connectivity index (χ0) is 14.6. The van der Waals surface area contributed by atoms with Crippen molar-refractivity contribution in [2.45, 2.75) is 6.42 Å². The van der Waals surface area contributed by atoms with Gasteiger partial charge in [0.05, 0.1) is 17.5 Å². The zero-order valence-electron chi connectivity index (χ0n) is 11.3. The van der Waals surface area contributed by atoms with Gasteiger partial charge in [0.1, 0.15) is 0 Å². The van der Waals surface area contributed by atoms with Crippen LogP contribution in [0.25, 0.3) is 10.9 Å². The molecule has 2 rings (SSSR count). The van der Waals surface area contributed by atoms with E-state index in [-0.39, 0.29) is 0 Å². The molecule has 0 atom stereocenters. The smallest absolute Gasteiger partial charge is 0.208 e. The first kappa shape index (κ1) is 14.5. The highest BCUT2D eigenvalue weighted by Gasteiger charge is 2.04. The average Bonchev–Trinajstić information content (AvgIpc) is 2.40. The minimum absolute atomic E-state index is 0.409. The fourth-order valence-corrected chi connectivity index (χ4v) is 2.42. The highest BCUT2D eigenvalue weighted by atomic mass is 32.2. The molecule has 0 radical (unpaired) electrons. The third-order valence-electron chi connectivity index (χ3n) is 2.84. The maximum atomic E-state index is 10.9. The van der Waals surface area contributed by atoms with Gasteiger partial charge in [-0.3, -0.25) is 4.98 Å². The van der Waals surface area contributed by atoms with Gasteiger partial charge in [0.25, 0.3) is 0 Å². The van der Waals surface area contributed by atoms with Crippen LogP contribution in [0.4, 0.5) is 11.4 Å². The molecular formula is C13H18N4O2S. The van der Waals surface area contributed by atoms with Crippen LogP contribution in [0.5, 0.6) is 0 Å². The van der Waals surface area contributed by atoms with Gasteiger partial charge in [-0.25, -0.2) is 13.1 Å². The molecule has 2 aromatic rings. The van der Waals surface area contributed by atoms with Crippen LogP contribution in [0.1, 0.15) is 6.42 Å². The number of nitrogen functional groups attached to an aromatic ring is 1. The molecule has 108 valence electrons. The Morgan fingerprint density at radius 1 is 1.25 bits per heavy atom. The number of nitrogens with one attached hydrogen (secondary N) is 2. The summed E-state index contributed by atoms with van der Waals surface area (Å²) in [5.41, 5.74) is 8.32. The first-order chi connectivity index (χ1) is 9.47. The largest absolute Gasteiger partial charge is 0.398 e. The molecule has 1 aromatic heterocycles. The van der Waals surface area contributed by atoms with E-state index in [2.05, 4.69) is 15.0 Å². The first-order valence-electron chi connectivity index (χ1n) is 6.29. The molecular weight excluding hydrogens is 276 g/mol. The molecule has 0 aliphatic carbocycles. The van der Waals surface area contributed by atoms with E-state index in [9.17, 15) is 8.42 Å². The number of anilines is 2. The van der Waals surface area contributed by atoms with E-state index in [1.165, 1.54) is 0 Å². The summed E-state index contributed by atoms with van der Waals surface area (Å²) in [5, 5.41) is 4.16. The number of sulfonamides is 1. The molecule has 1 heterocycles. The van der Waals surface area contributed by atoms with Gasteiger partial charge in [-0.2, -0.15) is 0 Å². The quantitative estimate of drug-likeness (QED) is 0.549. The number of nitrogens with zero attached hydrogens (tertiary/aromatic N) is 1. The minimum Gasteiger partial charge on any atom is -0.398 e. The van der Waals surface area contributed by atoms with Crippen molar-refractivity contribution < 1.29 is 8.42 Å². The Bertz CT molecular complexity index is 701. The van der Waals surface area contributed by atoms with Crippen molar-refractivity contribution in [2.24, 2.45) is 0 Å². The van der Waals surface area contributed by atoms with Crippen molar-refractivity contribution in [3.63, 3.8) is 0 Å². The SMILES string of the molecule is CS(=O)(=O)NCCCNc1ccc(N)c2cccnc12. The maximum absolute atomic E-state index is 10.9. The fourth-order valence-electron chi connectivity index (χ4n) is 1.91. The summed E-state index contributed by atoms with van der Waals surface area (Å²) in [5.74, 6) is 0.